The van der Waals surface area contributed by atoms with Crippen molar-refractivity contribution in [1.82, 2.24) is 10.2 Å². The molecule has 4 aliphatic heterocycles. The largest absolute Gasteiger partial charge is 0.756 e. The van der Waals surface area contributed by atoms with Crippen molar-refractivity contribution >= 4 is 78.3 Å². The minimum absolute atomic E-state index is 0.00426. The first kappa shape index (κ1) is 76.2. The number of benzene rings is 2. The average molecular weight is 1350 g/mol. The number of epoxide rings is 1. The Hall–Kier alpha value is -4.87. The quantitative estimate of drug-likeness (QED) is 0.0165. The van der Waals surface area contributed by atoms with Gasteiger partial charge in [-0.15, -0.1) is 11.8 Å². The minimum Gasteiger partial charge on any atom is -0.756 e. The summed E-state index contributed by atoms with van der Waals surface area (Å²) in [4.78, 5) is 98.2. The predicted molar refractivity (Wildman–Crippen MR) is 355 cm³/mol. The van der Waals surface area contributed by atoms with Crippen molar-refractivity contribution in [1.29, 1.82) is 0 Å². The Morgan fingerprint density at radius 3 is 2.10 bits per heavy atom. The Labute approximate surface area is 555 Å². The molecule has 0 radical (unpaired) electrons. The number of carbonyl (C=O) groups is 6. The molecule has 0 aliphatic carbocycles. The third kappa shape index (κ3) is 22.6. The van der Waals surface area contributed by atoms with Gasteiger partial charge in [0, 0.05) is 52.1 Å². The summed E-state index contributed by atoms with van der Waals surface area (Å²) in [6.07, 6.45) is 19.9. The molecule has 514 valence electrons. The van der Waals surface area contributed by atoms with E-state index in [1.165, 1.54) is 119 Å². The molecule has 4 unspecified atom stereocenters. The van der Waals surface area contributed by atoms with Crippen LogP contribution in [-0.4, -0.2) is 172 Å². The minimum atomic E-state index is -4.22. The number of aliphatic hydroxyl groups is 1. The number of carbonyl (C=O) groups excluding carboxylic acids is 6. The Kier molecular flexibility index (Phi) is 29.6. The number of rotatable bonds is 34. The number of ether oxygens (including phenoxy) is 5. The molecule has 0 spiro atoms. The van der Waals surface area contributed by atoms with Gasteiger partial charge in [-0.1, -0.05) is 144 Å². The predicted octanol–water partition coefficient (Wildman–Crippen LogP) is 11.0. The molecule has 2 aromatic carbocycles. The van der Waals surface area contributed by atoms with Crippen molar-refractivity contribution < 1.29 is 80.5 Å². The van der Waals surface area contributed by atoms with Gasteiger partial charge < -0.3 is 57.0 Å². The zero-order valence-electron chi connectivity index (χ0n) is 56.2. The number of nitrogens with zero attached hydrogens (tertiary/aromatic N) is 4. The number of allylic oxidation sites excluding steroid dienone is 3. The normalized spacial score (nSPS) is 25.7. The maximum atomic E-state index is 14.4. The highest BCUT2D eigenvalue weighted by Gasteiger charge is 2.64. The number of esters is 1. The van der Waals surface area contributed by atoms with E-state index in [2.05, 4.69) is 5.32 Å². The summed E-state index contributed by atoms with van der Waals surface area (Å²) in [6, 6.07) is 10.0. The zero-order chi connectivity index (χ0) is 67.4. The highest BCUT2D eigenvalue weighted by Crippen LogP contribution is 2.49. The Bertz CT molecular complexity index is 2910. The van der Waals surface area contributed by atoms with Crippen LogP contribution >= 0.6 is 31.2 Å². The van der Waals surface area contributed by atoms with Gasteiger partial charge >= 0.3 is 12.1 Å². The molecule has 6 rings (SSSR count). The number of halogens is 1. The number of unbranched alkanes of at least 4 members (excludes halogenated alkanes) is 15. The average Bonchev–Trinajstić information content (AvgIpc) is 1.59. The van der Waals surface area contributed by atoms with Crippen LogP contribution < -0.4 is 24.7 Å². The Balaban J connectivity index is 0.903. The van der Waals surface area contributed by atoms with E-state index in [1.54, 1.807) is 45.2 Å². The van der Waals surface area contributed by atoms with Crippen molar-refractivity contribution in [3.05, 3.63) is 76.3 Å². The highest BCUT2D eigenvalue weighted by molar-refractivity contribution is 8.00. The number of imide groups is 1. The molecule has 24 heteroatoms. The van der Waals surface area contributed by atoms with Gasteiger partial charge in [-0.3, -0.25) is 29.1 Å². The monoisotopic (exact) mass is 1340 g/mol. The number of quaternary nitrogens is 1. The van der Waals surface area contributed by atoms with Crippen LogP contribution in [-0.2, 0) is 69.4 Å². The van der Waals surface area contributed by atoms with Crippen LogP contribution in [0, 0.1) is 5.92 Å². The maximum Gasteiger partial charge on any atom is 0.409 e. The standard InChI is InChI=1S/C68H103ClN5O16PS/c1-47-29-28-31-57(85-11)68(81)46-55(88-66(80)70-68)48(2)63-67(4,90-63)58(45-60(76)72(6)53-42-51(41-47)43-54(84-10)62(53)69)89-65(79)49(3)71(5)59(75)36-40-92-56-44-61(77)73(64(56)78)52-34-32-50(33-35-52)30-26-24-22-20-18-16-14-12-13-15-17-19-21-23-25-27-38-86-91(82,83)87-39-37-74(7,8)9/h28-29,31-35,42-43,48-49,55-58,63,81H,12-27,30,36-41,44-46H2,1-11H3,(H-,70,80,82,83)/b31-28+,47-29+/t48-,49+,55+,56?,57-,58+,63?,67?,68+/m1/s1. The molecule has 21 nitrogen and oxygen atoms in total. The molecule has 2 aromatic rings. The smallest absolute Gasteiger partial charge is 0.409 e. The van der Waals surface area contributed by atoms with Gasteiger partial charge in [0.25, 0.3) is 7.82 Å². The van der Waals surface area contributed by atoms with Crippen molar-refractivity contribution in [3.63, 3.8) is 0 Å². The molecule has 4 heterocycles. The van der Waals surface area contributed by atoms with E-state index in [9.17, 15) is 43.3 Å². The number of hydrogen-bond acceptors (Lipinski definition) is 17. The van der Waals surface area contributed by atoms with Crippen molar-refractivity contribution in [2.75, 3.05) is 84.8 Å². The molecule has 3 fully saturated rings. The van der Waals surface area contributed by atoms with Crippen molar-refractivity contribution in [2.45, 2.75) is 216 Å². The topological polar surface area (TPSA) is 252 Å². The summed E-state index contributed by atoms with van der Waals surface area (Å²) in [5.41, 5.74) is 0.509. The number of methoxy groups -OCH3 is 2. The third-order valence-corrected chi connectivity index (χ3v) is 20.7. The molecule has 0 aromatic heterocycles. The molecular weight excluding hydrogens is 1240 g/mol. The van der Waals surface area contributed by atoms with Gasteiger partial charge in [0.2, 0.25) is 23.6 Å². The van der Waals surface area contributed by atoms with E-state index in [1.807, 2.05) is 58.4 Å². The SMILES string of the molecule is COc1cc2cc(c1Cl)N(C)C(=O)C[C@H](OC(=O)[C@H](C)N(C)C(=O)CCSC1CC(=O)N(c3ccc(CCCCCCCCCCCCCCCCCCOP(=O)([O-])OCC[N+](C)(C)C)cc3)C1=O)C1(C)OC1[C@H](C)[C@@H]1C[C@@](O)(NC(=O)O1)[C@H](OC)/C=C/C=C(\C)C2. The van der Waals surface area contributed by atoms with Gasteiger partial charge in [0.15, 0.2) is 5.72 Å². The number of thioether (sulfide) groups is 1. The first-order valence-corrected chi connectivity index (χ1v) is 35.8. The number of amides is 5. The first-order valence-electron chi connectivity index (χ1n) is 32.9. The molecule has 10 atom stereocenters. The van der Waals surface area contributed by atoms with Gasteiger partial charge in [0.05, 0.1) is 64.0 Å². The van der Waals surface area contributed by atoms with Crippen LogP contribution in [0.3, 0.4) is 0 Å². The van der Waals surface area contributed by atoms with Crippen LogP contribution in [0.5, 0.6) is 5.75 Å². The van der Waals surface area contributed by atoms with Gasteiger partial charge in [-0.05, 0) is 81.8 Å². The highest BCUT2D eigenvalue weighted by atomic mass is 35.5. The fourth-order valence-corrected chi connectivity index (χ4v) is 14.2. The summed E-state index contributed by atoms with van der Waals surface area (Å²) in [5, 5.41) is 13.9. The van der Waals surface area contributed by atoms with Gasteiger partial charge in [0.1, 0.15) is 53.9 Å². The van der Waals surface area contributed by atoms with E-state index in [-0.39, 0.29) is 61.5 Å². The molecule has 5 amide bonds. The summed E-state index contributed by atoms with van der Waals surface area (Å²) in [7, 11) is 7.64. The fourth-order valence-electron chi connectivity index (χ4n) is 12.0. The van der Waals surface area contributed by atoms with E-state index in [0.717, 1.165) is 61.6 Å². The number of fused-ring (bicyclic) bond motifs is 5. The number of anilines is 2. The molecule has 3 saturated heterocycles. The third-order valence-electron chi connectivity index (χ3n) is 18.1. The summed E-state index contributed by atoms with van der Waals surface area (Å²) in [6.45, 7) is 7.80. The van der Waals surface area contributed by atoms with Crippen LogP contribution in [0.25, 0.3) is 0 Å². The van der Waals surface area contributed by atoms with Gasteiger partial charge in [-0.25, -0.2) is 14.5 Å². The number of phosphoric ester groups is 1. The first-order chi connectivity index (χ1) is 43.6. The van der Waals surface area contributed by atoms with E-state index >= 15 is 0 Å². The van der Waals surface area contributed by atoms with Crippen LogP contribution in [0.4, 0.5) is 16.2 Å². The number of hydrogen-bond donors (Lipinski definition) is 2. The second kappa shape index (κ2) is 35.8. The number of alkyl carbamates (subject to hydrolysis) is 1. The molecular formula is C68H103ClN5O16PS. The van der Waals surface area contributed by atoms with E-state index < -0.39 is 84.7 Å². The maximum absolute atomic E-state index is 14.4. The number of likely N-dealkylation sites (N-methyl/N-ethyl adjacent to an activating group) is 2. The van der Waals surface area contributed by atoms with Crippen LogP contribution in [0.15, 0.2) is 60.2 Å². The number of phosphoric acid groups is 1. The lowest BCUT2D eigenvalue weighted by atomic mass is 9.83. The lowest BCUT2D eigenvalue weighted by Gasteiger charge is -2.42. The number of nitrogens with one attached hydrogen (secondary N) is 1. The zero-order valence-corrected chi connectivity index (χ0v) is 58.7. The molecule has 4 bridgehead atoms. The Morgan fingerprint density at radius 2 is 1.50 bits per heavy atom. The van der Waals surface area contributed by atoms with Crippen molar-refractivity contribution in [2.24, 2.45) is 5.92 Å². The molecule has 0 saturated carbocycles. The van der Waals surface area contributed by atoms with Crippen molar-refractivity contribution in [3.8, 4) is 5.75 Å². The lowest BCUT2D eigenvalue weighted by Crippen LogP contribution is -2.63. The van der Waals surface area contributed by atoms with E-state index in [4.69, 9.17) is 44.3 Å². The fraction of sp³-hybridized carbons (Fsp3) is 0.676. The molecule has 92 heavy (non-hydrogen) atoms. The summed E-state index contributed by atoms with van der Waals surface area (Å²) in [5.74, 6) is -2.40. The summed E-state index contributed by atoms with van der Waals surface area (Å²) < 4.78 is 52.1. The number of aryl methyl sites for hydroxylation is 1. The second-order valence-electron chi connectivity index (χ2n) is 26.5. The lowest BCUT2D eigenvalue weighted by molar-refractivity contribution is -0.870. The van der Waals surface area contributed by atoms with Crippen LogP contribution in [0.1, 0.15) is 167 Å². The molecule has 4 aliphatic rings. The Morgan fingerprint density at radius 1 is 0.902 bits per heavy atom. The van der Waals surface area contributed by atoms with Gasteiger partial charge in [-0.2, -0.15) is 0 Å². The molecule has 2 N–H and O–H groups in total. The summed E-state index contributed by atoms with van der Waals surface area (Å²) >= 11 is 8.07. The second-order valence-corrected chi connectivity index (χ2v) is 29.6. The van der Waals surface area contributed by atoms with Crippen LogP contribution in [0.2, 0.25) is 5.02 Å². The van der Waals surface area contributed by atoms with E-state index in [0.29, 0.717) is 34.6 Å².